The molecule has 2 fully saturated rings. The quantitative estimate of drug-likeness (QED) is 0.651. The third-order valence-corrected chi connectivity index (χ3v) is 5.88. The molecule has 0 bridgehead atoms. The standard InChI is InChI=1S/C22H32N2O5/c1-4-29-22(26)18-8-5-6-13-24(18)21(25)15-23-12-7-9-17(23)16-10-11-19(27-2)20(14-16)28-3/h10-11,14,17-18H,4-9,12-13,15H2,1-3H3/t17-,18+/m0/s1. The fourth-order valence-electron chi connectivity index (χ4n) is 4.43. The minimum atomic E-state index is -0.446. The van der Waals surface area contributed by atoms with E-state index in [0.29, 0.717) is 37.6 Å². The summed E-state index contributed by atoms with van der Waals surface area (Å²) >= 11 is 0. The molecule has 2 aliphatic rings. The first-order valence-corrected chi connectivity index (χ1v) is 10.5. The van der Waals surface area contributed by atoms with Crippen LogP contribution >= 0.6 is 0 Å². The van der Waals surface area contributed by atoms with Gasteiger partial charge in [0.05, 0.1) is 27.4 Å². The van der Waals surface area contributed by atoms with Crippen molar-refractivity contribution >= 4 is 11.9 Å². The second-order valence-electron chi connectivity index (χ2n) is 7.59. The minimum absolute atomic E-state index is 0.00938. The summed E-state index contributed by atoms with van der Waals surface area (Å²) in [4.78, 5) is 29.4. The Kier molecular flexibility index (Phi) is 7.36. The van der Waals surface area contributed by atoms with E-state index < -0.39 is 6.04 Å². The van der Waals surface area contributed by atoms with Gasteiger partial charge in [-0.05, 0) is 63.3 Å². The van der Waals surface area contributed by atoms with E-state index in [1.54, 1.807) is 26.0 Å². The Balaban J connectivity index is 1.71. The Morgan fingerprint density at radius 2 is 1.83 bits per heavy atom. The van der Waals surface area contributed by atoms with E-state index in [1.807, 2.05) is 18.2 Å². The largest absolute Gasteiger partial charge is 0.493 e. The second kappa shape index (κ2) is 9.96. The van der Waals surface area contributed by atoms with Gasteiger partial charge in [0.2, 0.25) is 5.91 Å². The molecule has 2 aliphatic heterocycles. The summed E-state index contributed by atoms with van der Waals surface area (Å²) in [6.07, 6.45) is 4.59. The Labute approximate surface area is 172 Å². The molecule has 0 saturated carbocycles. The Morgan fingerprint density at radius 1 is 1.03 bits per heavy atom. The zero-order chi connectivity index (χ0) is 20.8. The molecule has 0 radical (unpaired) electrons. The lowest BCUT2D eigenvalue weighted by atomic mass is 10.0. The van der Waals surface area contributed by atoms with Crippen molar-refractivity contribution in [3.05, 3.63) is 23.8 Å². The van der Waals surface area contributed by atoms with Crippen molar-refractivity contribution in [2.75, 3.05) is 40.5 Å². The molecule has 1 amide bonds. The van der Waals surface area contributed by atoms with Crippen LogP contribution in [0.25, 0.3) is 0 Å². The van der Waals surface area contributed by atoms with Crippen LogP contribution in [-0.2, 0) is 14.3 Å². The second-order valence-corrected chi connectivity index (χ2v) is 7.59. The van der Waals surface area contributed by atoms with Crippen LogP contribution in [0, 0.1) is 0 Å². The maximum Gasteiger partial charge on any atom is 0.328 e. The number of amides is 1. The molecule has 0 aromatic heterocycles. The highest BCUT2D eigenvalue weighted by Crippen LogP contribution is 2.37. The number of carbonyl (C=O) groups excluding carboxylic acids is 2. The molecule has 0 spiro atoms. The molecule has 2 saturated heterocycles. The zero-order valence-electron chi connectivity index (χ0n) is 17.7. The highest BCUT2D eigenvalue weighted by Gasteiger charge is 2.36. The molecular formula is C22H32N2O5. The van der Waals surface area contributed by atoms with Crippen LogP contribution in [0.3, 0.4) is 0 Å². The van der Waals surface area contributed by atoms with Gasteiger partial charge in [0.15, 0.2) is 11.5 Å². The Bertz CT molecular complexity index is 723. The molecule has 2 atom stereocenters. The predicted octanol–water partition coefficient (Wildman–Crippen LogP) is 2.78. The third-order valence-electron chi connectivity index (χ3n) is 5.88. The number of esters is 1. The number of piperidine rings is 1. The topological polar surface area (TPSA) is 68.3 Å². The summed E-state index contributed by atoms with van der Waals surface area (Å²) in [6, 6.07) is 5.66. The fraction of sp³-hybridized carbons (Fsp3) is 0.636. The molecule has 7 nitrogen and oxygen atoms in total. The lowest BCUT2D eigenvalue weighted by Gasteiger charge is -2.36. The molecule has 2 heterocycles. The van der Waals surface area contributed by atoms with E-state index in [4.69, 9.17) is 14.2 Å². The number of benzene rings is 1. The van der Waals surface area contributed by atoms with Gasteiger partial charge in [0.25, 0.3) is 0 Å². The predicted molar refractivity (Wildman–Crippen MR) is 109 cm³/mol. The zero-order valence-corrected chi connectivity index (χ0v) is 17.7. The summed E-state index contributed by atoms with van der Waals surface area (Å²) in [5.74, 6) is 1.12. The monoisotopic (exact) mass is 404 g/mol. The highest BCUT2D eigenvalue weighted by molar-refractivity contribution is 5.86. The summed E-state index contributed by atoms with van der Waals surface area (Å²) < 4.78 is 16.0. The van der Waals surface area contributed by atoms with Crippen molar-refractivity contribution in [2.24, 2.45) is 0 Å². The summed E-state index contributed by atoms with van der Waals surface area (Å²) in [5.41, 5.74) is 1.12. The molecular weight excluding hydrogens is 372 g/mol. The average molecular weight is 405 g/mol. The first kappa shape index (κ1) is 21.4. The summed E-state index contributed by atoms with van der Waals surface area (Å²) in [7, 11) is 3.25. The molecule has 3 rings (SSSR count). The number of ether oxygens (including phenoxy) is 3. The number of carbonyl (C=O) groups is 2. The normalized spacial score (nSPS) is 22.4. The van der Waals surface area contributed by atoms with Crippen LogP contribution in [0.1, 0.15) is 50.6 Å². The van der Waals surface area contributed by atoms with Crippen LogP contribution in [0.5, 0.6) is 11.5 Å². The van der Waals surface area contributed by atoms with Crippen molar-refractivity contribution in [1.82, 2.24) is 9.80 Å². The number of hydrogen-bond acceptors (Lipinski definition) is 6. The van der Waals surface area contributed by atoms with E-state index in [1.165, 1.54) is 0 Å². The Morgan fingerprint density at radius 3 is 2.55 bits per heavy atom. The number of nitrogens with zero attached hydrogens (tertiary/aromatic N) is 2. The van der Waals surface area contributed by atoms with Crippen LogP contribution in [0.4, 0.5) is 0 Å². The van der Waals surface area contributed by atoms with Gasteiger partial charge in [0, 0.05) is 12.6 Å². The van der Waals surface area contributed by atoms with Gasteiger partial charge in [-0.1, -0.05) is 6.07 Å². The van der Waals surface area contributed by atoms with E-state index in [0.717, 1.165) is 37.8 Å². The number of hydrogen-bond donors (Lipinski definition) is 0. The average Bonchev–Trinajstić information content (AvgIpc) is 3.21. The molecule has 1 aromatic rings. The molecule has 29 heavy (non-hydrogen) atoms. The maximum absolute atomic E-state index is 13.1. The molecule has 7 heteroatoms. The molecule has 0 N–H and O–H groups in total. The Hall–Kier alpha value is -2.28. The summed E-state index contributed by atoms with van der Waals surface area (Å²) in [5, 5.41) is 0. The van der Waals surface area contributed by atoms with Gasteiger partial charge in [-0.3, -0.25) is 9.69 Å². The molecule has 1 aromatic carbocycles. The molecule has 160 valence electrons. The number of rotatable bonds is 7. The van der Waals surface area contributed by atoms with Crippen LogP contribution < -0.4 is 9.47 Å². The van der Waals surface area contributed by atoms with Gasteiger partial charge >= 0.3 is 5.97 Å². The molecule has 0 aliphatic carbocycles. The van der Waals surface area contributed by atoms with E-state index in [-0.39, 0.29) is 17.9 Å². The highest BCUT2D eigenvalue weighted by atomic mass is 16.5. The van der Waals surface area contributed by atoms with Gasteiger partial charge in [-0.15, -0.1) is 0 Å². The first-order valence-electron chi connectivity index (χ1n) is 10.5. The van der Waals surface area contributed by atoms with Crippen molar-refractivity contribution in [2.45, 2.75) is 51.1 Å². The van der Waals surface area contributed by atoms with Gasteiger partial charge < -0.3 is 19.1 Å². The van der Waals surface area contributed by atoms with Crippen molar-refractivity contribution in [1.29, 1.82) is 0 Å². The van der Waals surface area contributed by atoms with Gasteiger partial charge in [-0.2, -0.15) is 0 Å². The van der Waals surface area contributed by atoms with Gasteiger partial charge in [-0.25, -0.2) is 4.79 Å². The van der Waals surface area contributed by atoms with E-state index in [9.17, 15) is 9.59 Å². The summed E-state index contributed by atoms with van der Waals surface area (Å²) in [6.45, 7) is 3.93. The van der Waals surface area contributed by atoms with Crippen LogP contribution in [-0.4, -0.2) is 68.2 Å². The van der Waals surface area contributed by atoms with E-state index >= 15 is 0 Å². The smallest absolute Gasteiger partial charge is 0.328 e. The van der Waals surface area contributed by atoms with Crippen LogP contribution in [0.15, 0.2) is 18.2 Å². The van der Waals surface area contributed by atoms with Crippen molar-refractivity contribution in [3.63, 3.8) is 0 Å². The van der Waals surface area contributed by atoms with Crippen molar-refractivity contribution in [3.8, 4) is 11.5 Å². The fourth-order valence-corrected chi connectivity index (χ4v) is 4.43. The number of likely N-dealkylation sites (tertiary alicyclic amines) is 2. The lowest BCUT2D eigenvalue weighted by molar-refractivity contribution is -0.157. The van der Waals surface area contributed by atoms with Gasteiger partial charge in [0.1, 0.15) is 6.04 Å². The molecule has 0 unspecified atom stereocenters. The first-order chi connectivity index (χ1) is 14.1. The third kappa shape index (κ3) is 4.83. The SMILES string of the molecule is CCOC(=O)[C@H]1CCCCN1C(=O)CN1CCC[C@H]1c1ccc(OC)c(OC)c1. The minimum Gasteiger partial charge on any atom is -0.493 e. The van der Waals surface area contributed by atoms with E-state index in [2.05, 4.69) is 4.90 Å². The number of methoxy groups -OCH3 is 2. The van der Waals surface area contributed by atoms with Crippen molar-refractivity contribution < 1.29 is 23.8 Å². The lowest BCUT2D eigenvalue weighted by Crippen LogP contribution is -2.51. The maximum atomic E-state index is 13.1. The van der Waals surface area contributed by atoms with Crippen LogP contribution in [0.2, 0.25) is 0 Å².